The number of rotatable bonds is 4. The average Bonchev–Trinajstić information content (AvgIpc) is 2.38. The number of nitrogens with zero attached hydrogens (tertiary/aromatic N) is 1. The van der Waals surface area contributed by atoms with E-state index >= 15 is 0 Å². The second kappa shape index (κ2) is 5.88. The molecule has 3 heteroatoms. The molecule has 2 N–H and O–H groups in total. The van der Waals surface area contributed by atoms with Crippen LogP contribution in [-0.2, 0) is 6.42 Å². The molecule has 1 aromatic rings. The van der Waals surface area contributed by atoms with Crippen molar-refractivity contribution >= 4 is 0 Å². The smallest absolute Gasteiger partial charge is 0.115 e. The Morgan fingerprint density at radius 3 is 3.11 bits per heavy atom. The molecule has 2 atom stereocenters. The number of nitrogens with one attached hydrogen (secondary N) is 1. The summed E-state index contributed by atoms with van der Waals surface area (Å²) in [5.74, 6) is 0.329. The van der Waals surface area contributed by atoms with Gasteiger partial charge in [-0.15, -0.1) is 0 Å². The van der Waals surface area contributed by atoms with Gasteiger partial charge in [-0.25, -0.2) is 0 Å². The Hall–Kier alpha value is -1.53. The summed E-state index contributed by atoms with van der Waals surface area (Å²) in [4.78, 5) is 0. The van der Waals surface area contributed by atoms with E-state index in [0.717, 1.165) is 19.3 Å². The van der Waals surface area contributed by atoms with Gasteiger partial charge in [-0.1, -0.05) is 13.0 Å². The van der Waals surface area contributed by atoms with E-state index in [1.54, 1.807) is 6.07 Å². The number of phenolic OH excluding ortho intramolecular Hbond substituents is 1. The van der Waals surface area contributed by atoms with Crippen molar-refractivity contribution in [3.63, 3.8) is 0 Å². The molecular formula is C15H20N2O. The Kier molecular flexibility index (Phi) is 4.22. The number of aryl methyl sites for hydroxylation is 1. The average molecular weight is 244 g/mol. The molecule has 18 heavy (non-hydrogen) atoms. The third kappa shape index (κ3) is 2.83. The highest BCUT2D eigenvalue weighted by atomic mass is 16.3. The van der Waals surface area contributed by atoms with E-state index in [1.807, 2.05) is 12.1 Å². The lowest BCUT2D eigenvalue weighted by Crippen LogP contribution is -2.34. The van der Waals surface area contributed by atoms with Gasteiger partial charge in [-0.3, -0.25) is 0 Å². The number of hydrogen-bond donors (Lipinski definition) is 2. The summed E-state index contributed by atoms with van der Waals surface area (Å²) in [6, 6.07) is 8.39. The Morgan fingerprint density at radius 2 is 2.39 bits per heavy atom. The molecule has 1 aromatic carbocycles. The van der Waals surface area contributed by atoms with Crippen LogP contribution in [0.3, 0.4) is 0 Å². The minimum atomic E-state index is 0.244. The topological polar surface area (TPSA) is 56.0 Å². The zero-order valence-corrected chi connectivity index (χ0v) is 10.8. The van der Waals surface area contributed by atoms with Gasteiger partial charge < -0.3 is 10.4 Å². The second-order valence-corrected chi connectivity index (χ2v) is 4.96. The van der Waals surface area contributed by atoms with Crippen LogP contribution >= 0.6 is 0 Å². The Balaban J connectivity index is 2.16. The minimum absolute atomic E-state index is 0.244. The highest BCUT2D eigenvalue weighted by molar-refractivity contribution is 5.38. The molecule has 0 radical (unpaired) electrons. The van der Waals surface area contributed by atoms with Gasteiger partial charge in [-0.2, -0.15) is 5.26 Å². The van der Waals surface area contributed by atoms with Crippen LogP contribution in [0.4, 0.5) is 0 Å². The first-order valence-corrected chi connectivity index (χ1v) is 6.69. The van der Waals surface area contributed by atoms with Crippen LogP contribution in [0.5, 0.6) is 5.75 Å². The van der Waals surface area contributed by atoms with E-state index < -0.39 is 0 Å². The predicted octanol–water partition coefficient (Wildman–Crippen LogP) is 3.05. The fourth-order valence-corrected chi connectivity index (χ4v) is 2.68. The maximum absolute atomic E-state index is 9.62. The molecule has 0 heterocycles. The first kappa shape index (κ1) is 12.9. The molecule has 0 bridgehead atoms. The molecule has 1 aliphatic rings. The third-order valence-electron chi connectivity index (χ3n) is 3.71. The highest BCUT2D eigenvalue weighted by Gasteiger charge is 2.22. The molecule has 3 nitrogen and oxygen atoms in total. The van der Waals surface area contributed by atoms with E-state index in [4.69, 9.17) is 5.26 Å². The minimum Gasteiger partial charge on any atom is -0.508 e. The summed E-state index contributed by atoms with van der Waals surface area (Å²) in [6.45, 7) is 2.10. The fourth-order valence-electron chi connectivity index (χ4n) is 2.68. The van der Waals surface area contributed by atoms with E-state index in [9.17, 15) is 5.11 Å². The molecule has 1 aliphatic carbocycles. The van der Waals surface area contributed by atoms with Gasteiger partial charge in [0.05, 0.1) is 12.5 Å². The number of nitriles is 1. The maximum Gasteiger partial charge on any atom is 0.115 e. The number of fused-ring (bicyclic) bond motifs is 1. The summed E-state index contributed by atoms with van der Waals surface area (Å²) in [5.41, 5.74) is 2.53. The first-order valence-electron chi connectivity index (χ1n) is 6.69. The molecule has 0 saturated heterocycles. The zero-order chi connectivity index (χ0) is 13.0. The van der Waals surface area contributed by atoms with Gasteiger partial charge in [0, 0.05) is 12.1 Å². The molecule has 0 saturated carbocycles. The van der Waals surface area contributed by atoms with Crippen LogP contribution in [-0.4, -0.2) is 11.1 Å². The molecule has 0 fully saturated rings. The molecule has 2 unspecified atom stereocenters. The molecule has 96 valence electrons. The van der Waals surface area contributed by atoms with Crippen LogP contribution in [0.25, 0.3) is 0 Å². The molecule has 0 aliphatic heterocycles. The van der Waals surface area contributed by atoms with Crippen LogP contribution in [0.15, 0.2) is 18.2 Å². The summed E-state index contributed by atoms with van der Waals surface area (Å²) in [5, 5.41) is 22.0. The number of benzene rings is 1. The van der Waals surface area contributed by atoms with Crippen molar-refractivity contribution in [1.29, 1.82) is 5.26 Å². The van der Waals surface area contributed by atoms with Crippen LogP contribution < -0.4 is 5.32 Å². The van der Waals surface area contributed by atoms with Crippen molar-refractivity contribution in [1.82, 2.24) is 5.32 Å². The van der Waals surface area contributed by atoms with Crippen molar-refractivity contribution in [3.8, 4) is 11.8 Å². The van der Waals surface area contributed by atoms with E-state index in [1.165, 1.54) is 17.5 Å². The van der Waals surface area contributed by atoms with Crippen molar-refractivity contribution in [2.24, 2.45) is 0 Å². The fraction of sp³-hybridized carbons (Fsp3) is 0.533. The monoisotopic (exact) mass is 244 g/mol. The lowest BCUT2D eigenvalue weighted by atomic mass is 9.87. The van der Waals surface area contributed by atoms with Crippen LogP contribution in [0.2, 0.25) is 0 Å². The third-order valence-corrected chi connectivity index (χ3v) is 3.71. The van der Waals surface area contributed by atoms with Crippen molar-refractivity contribution in [3.05, 3.63) is 29.3 Å². The van der Waals surface area contributed by atoms with Crippen molar-refractivity contribution in [2.45, 2.75) is 51.1 Å². The first-order chi connectivity index (χ1) is 8.74. The highest BCUT2D eigenvalue weighted by Crippen LogP contribution is 2.32. The van der Waals surface area contributed by atoms with E-state index in [-0.39, 0.29) is 12.1 Å². The van der Waals surface area contributed by atoms with Crippen LogP contribution in [0.1, 0.15) is 49.8 Å². The molecule has 0 spiro atoms. The molecular weight excluding hydrogens is 224 g/mol. The predicted molar refractivity (Wildman–Crippen MR) is 71.2 cm³/mol. The summed E-state index contributed by atoms with van der Waals surface area (Å²) in [7, 11) is 0. The van der Waals surface area contributed by atoms with Gasteiger partial charge in [0.2, 0.25) is 0 Å². The van der Waals surface area contributed by atoms with Gasteiger partial charge in [0.15, 0.2) is 0 Å². The van der Waals surface area contributed by atoms with Gasteiger partial charge >= 0.3 is 0 Å². The molecule has 2 rings (SSSR count). The number of hydrogen-bond acceptors (Lipinski definition) is 3. The number of phenols is 1. The molecule has 0 aromatic heterocycles. The van der Waals surface area contributed by atoms with Crippen molar-refractivity contribution in [2.75, 3.05) is 0 Å². The van der Waals surface area contributed by atoms with Gasteiger partial charge in [-0.05, 0) is 48.9 Å². The summed E-state index contributed by atoms with van der Waals surface area (Å²) >= 11 is 0. The quantitative estimate of drug-likeness (QED) is 0.856. The van der Waals surface area contributed by atoms with Crippen molar-refractivity contribution < 1.29 is 5.11 Å². The molecule has 0 amide bonds. The summed E-state index contributed by atoms with van der Waals surface area (Å²) in [6.07, 6.45) is 4.83. The lowest BCUT2D eigenvalue weighted by Gasteiger charge is -2.29. The normalized spacial score (nSPS) is 19.9. The maximum atomic E-state index is 9.62. The SMILES string of the molecule is CCC(CC#N)NC1CCCc2ccc(O)cc21. The number of aromatic hydroxyl groups is 1. The zero-order valence-electron chi connectivity index (χ0n) is 10.8. The Labute approximate surface area is 108 Å². The Morgan fingerprint density at radius 1 is 1.56 bits per heavy atom. The van der Waals surface area contributed by atoms with Gasteiger partial charge in [0.25, 0.3) is 0 Å². The second-order valence-electron chi connectivity index (χ2n) is 4.96. The van der Waals surface area contributed by atoms with E-state index in [0.29, 0.717) is 12.2 Å². The van der Waals surface area contributed by atoms with Gasteiger partial charge in [0.1, 0.15) is 5.75 Å². The van der Waals surface area contributed by atoms with Crippen LogP contribution in [0, 0.1) is 11.3 Å². The largest absolute Gasteiger partial charge is 0.508 e. The lowest BCUT2D eigenvalue weighted by molar-refractivity contribution is 0.386. The van der Waals surface area contributed by atoms with E-state index in [2.05, 4.69) is 18.3 Å². The Bertz CT molecular complexity index is 450. The summed E-state index contributed by atoms with van der Waals surface area (Å²) < 4.78 is 0. The standard InChI is InChI=1S/C15H20N2O/c1-2-12(8-9-16)17-15-5-3-4-11-6-7-13(18)10-14(11)15/h6-7,10,12,15,17-18H,2-5,8H2,1H3.